The Morgan fingerprint density at radius 2 is 1.77 bits per heavy atom. The van der Waals surface area contributed by atoms with Gasteiger partial charge in [-0.3, -0.25) is 9.78 Å². The molecule has 2 fully saturated rings. The second-order valence-corrected chi connectivity index (χ2v) is 8.56. The van der Waals surface area contributed by atoms with Crippen molar-refractivity contribution in [2.24, 2.45) is 0 Å². The summed E-state index contributed by atoms with van der Waals surface area (Å²) in [5.74, 6) is 1.04. The number of piperidine rings is 1. The third-order valence-corrected chi connectivity index (χ3v) is 6.31. The molecule has 2 aromatic carbocycles. The number of carbonyl (C=O) groups excluding carboxylic acids is 1. The highest BCUT2D eigenvalue weighted by Gasteiger charge is 2.31. The van der Waals surface area contributed by atoms with Gasteiger partial charge in [0, 0.05) is 49.8 Å². The molecule has 5 nitrogen and oxygen atoms in total. The number of ether oxygens (including phenoxy) is 2. The average Bonchev–Trinajstić information content (AvgIpc) is 3.34. The van der Waals surface area contributed by atoms with E-state index in [2.05, 4.69) is 41.4 Å². The standard InChI is InChI=1S/C26H28N2O3/c1-18-15-22-16-20(4-5-21(22)17-27-18)19-6-8-23(9-7-19)31-24-10-12-28(13-11-24)26(29)25-3-2-14-30-25/h4-9,15-17,24-25H,2-3,10-14H2,1H3. The number of nitrogens with zero attached hydrogens (tertiary/aromatic N) is 2. The zero-order chi connectivity index (χ0) is 21.2. The minimum atomic E-state index is -0.222. The predicted octanol–water partition coefficient (Wildman–Crippen LogP) is 4.76. The van der Waals surface area contributed by atoms with E-state index in [0.29, 0.717) is 6.61 Å². The fourth-order valence-corrected chi connectivity index (χ4v) is 4.52. The molecule has 3 heterocycles. The Labute approximate surface area is 183 Å². The maximum atomic E-state index is 12.5. The monoisotopic (exact) mass is 416 g/mol. The number of fused-ring (bicyclic) bond motifs is 1. The zero-order valence-electron chi connectivity index (χ0n) is 17.9. The summed E-state index contributed by atoms with van der Waals surface area (Å²) >= 11 is 0. The van der Waals surface area contributed by atoms with Crippen LogP contribution in [0.5, 0.6) is 5.75 Å². The minimum Gasteiger partial charge on any atom is -0.490 e. The van der Waals surface area contributed by atoms with Crippen LogP contribution >= 0.6 is 0 Å². The number of hydrogen-bond acceptors (Lipinski definition) is 4. The van der Waals surface area contributed by atoms with Gasteiger partial charge in [0.1, 0.15) is 18.0 Å². The molecule has 0 N–H and O–H groups in total. The molecule has 0 radical (unpaired) electrons. The molecular formula is C26H28N2O3. The van der Waals surface area contributed by atoms with Crippen molar-refractivity contribution < 1.29 is 14.3 Å². The zero-order valence-corrected chi connectivity index (χ0v) is 17.9. The first-order valence-corrected chi connectivity index (χ1v) is 11.2. The number of likely N-dealkylation sites (tertiary alicyclic amines) is 1. The summed E-state index contributed by atoms with van der Waals surface area (Å²) in [5, 5.41) is 2.35. The second kappa shape index (κ2) is 8.67. The predicted molar refractivity (Wildman–Crippen MR) is 121 cm³/mol. The Kier molecular flexibility index (Phi) is 5.60. The molecule has 0 bridgehead atoms. The second-order valence-electron chi connectivity index (χ2n) is 8.56. The van der Waals surface area contributed by atoms with Gasteiger partial charge >= 0.3 is 0 Å². The summed E-state index contributed by atoms with van der Waals surface area (Å²) in [4.78, 5) is 18.8. The summed E-state index contributed by atoms with van der Waals surface area (Å²) in [7, 11) is 0. The Hall–Kier alpha value is -2.92. The molecule has 0 saturated carbocycles. The smallest absolute Gasteiger partial charge is 0.251 e. The topological polar surface area (TPSA) is 51.7 Å². The van der Waals surface area contributed by atoms with E-state index >= 15 is 0 Å². The van der Waals surface area contributed by atoms with Crippen molar-refractivity contribution in [2.45, 2.75) is 44.8 Å². The van der Waals surface area contributed by atoms with Gasteiger partial charge in [-0.05, 0) is 60.5 Å². The number of benzene rings is 2. The number of rotatable bonds is 4. The highest BCUT2D eigenvalue weighted by molar-refractivity contribution is 5.87. The van der Waals surface area contributed by atoms with Crippen LogP contribution in [0.4, 0.5) is 0 Å². The molecule has 2 aliphatic rings. The van der Waals surface area contributed by atoms with Crippen LogP contribution in [0.1, 0.15) is 31.4 Å². The summed E-state index contributed by atoms with van der Waals surface area (Å²) in [5.41, 5.74) is 3.38. The van der Waals surface area contributed by atoms with Crippen molar-refractivity contribution in [1.82, 2.24) is 9.88 Å². The van der Waals surface area contributed by atoms with E-state index in [-0.39, 0.29) is 18.1 Å². The van der Waals surface area contributed by atoms with E-state index < -0.39 is 0 Å². The van der Waals surface area contributed by atoms with Crippen molar-refractivity contribution in [2.75, 3.05) is 19.7 Å². The number of aromatic nitrogens is 1. The summed E-state index contributed by atoms with van der Waals surface area (Å²) in [6, 6.07) is 16.9. The van der Waals surface area contributed by atoms with E-state index in [9.17, 15) is 4.79 Å². The highest BCUT2D eigenvalue weighted by Crippen LogP contribution is 2.28. The lowest BCUT2D eigenvalue weighted by Gasteiger charge is -2.33. The molecule has 1 aromatic heterocycles. The van der Waals surface area contributed by atoms with Gasteiger partial charge in [0.05, 0.1) is 0 Å². The maximum Gasteiger partial charge on any atom is 0.251 e. The van der Waals surface area contributed by atoms with Gasteiger partial charge in [-0.1, -0.05) is 24.3 Å². The van der Waals surface area contributed by atoms with Crippen LogP contribution in [-0.4, -0.2) is 47.7 Å². The highest BCUT2D eigenvalue weighted by atomic mass is 16.5. The molecule has 1 amide bonds. The van der Waals surface area contributed by atoms with E-state index in [1.165, 1.54) is 16.5 Å². The average molecular weight is 417 g/mol. The van der Waals surface area contributed by atoms with Crippen LogP contribution in [-0.2, 0) is 9.53 Å². The van der Waals surface area contributed by atoms with E-state index in [1.807, 2.05) is 30.2 Å². The normalized spacial score (nSPS) is 19.6. The molecule has 5 rings (SSSR count). The molecule has 1 atom stereocenters. The van der Waals surface area contributed by atoms with E-state index in [4.69, 9.17) is 9.47 Å². The molecule has 31 heavy (non-hydrogen) atoms. The van der Waals surface area contributed by atoms with Crippen molar-refractivity contribution in [3.8, 4) is 16.9 Å². The van der Waals surface area contributed by atoms with Gasteiger partial charge in [0.2, 0.25) is 0 Å². The van der Waals surface area contributed by atoms with Crippen molar-refractivity contribution in [1.29, 1.82) is 0 Å². The van der Waals surface area contributed by atoms with Gasteiger partial charge in [-0.15, -0.1) is 0 Å². The van der Waals surface area contributed by atoms with Crippen molar-refractivity contribution in [3.63, 3.8) is 0 Å². The van der Waals surface area contributed by atoms with Gasteiger partial charge < -0.3 is 14.4 Å². The van der Waals surface area contributed by atoms with Gasteiger partial charge in [-0.25, -0.2) is 0 Å². The molecular weight excluding hydrogens is 388 g/mol. The van der Waals surface area contributed by atoms with Gasteiger partial charge in [0.15, 0.2) is 0 Å². The van der Waals surface area contributed by atoms with Crippen LogP contribution in [0.15, 0.2) is 54.7 Å². The third kappa shape index (κ3) is 4.42. The number of carbonyl (C=O) groups is 1. The first kappa shape index (κ1) is 20.0. The van der Waals surface area contributed by atoms with E-state index in [0.717, 1.165) is 55.6 Å². The molecule has 3 aromatic rings. The summed E-state index contributed by atoms with van der Waals surface area (Å²) in [6.45, 7) is 4.21. The lowest BCUT2D eigenvalue weighted by molar-refractivity contribution is -0.142. The minimum absolute atomic E-state index is 0.149. The first-order chi connectivity index (χ1) is 15.2. The lowest BCUT2D eigenvalue weighted by Crippen LogP contribution is -2.45. The molecule has 0 aliphatic carbocycles. The van der Waals surface area contributed by atoms with Crippen molar-refractivity contribution in [3.05, 3.63) is 60.4 Å². The molecule has 2 aliphatic heterocycles. The number of pyridine rings is 1. The van der Waals surface area contributed by atoms with Crippen LogP contribution < -0.4 is 4.74 Å². The quantitative estimate of drug-likeness (QED) is 0.615. The van der Waals surface area contributed by atoms with Crippen LogP contribution in [0.25, 0.3) is 21.9 Å². The largest absolute Gasteiger partial charge is 0.490 e. The molecule has 5 heteroatoms. The number of aryl methyl sites for hydroxylation is 1. The molecule has 0 spiro atoms. The SMILES string of the molecule is Cc1cc2cc(-c3ccc(OC4CCN(C(=O)C5CCCO5)CC4)cc3)ccc2cn1. The van der Waals surface area contributed by atoms with Crippen LogP contribution in [0.2, 0.25) is 0 Å². The lowest BCUT2D eigenvalue weighted by atomic mass is 10.0. The van der Waals surface area contributed by atoms with Crippen molar-refractivity contribution >= 4 is 16.7 Å². The first-order valence-electron chi connectivity index (χ1n) is 11.2. The molecule has 2 saturated heterocycles. The summed E-state index contributed by atoms with van der Waals surface area (Å²) in [6.07, 6.45) is 5.41. The van der Waals surface area contributed by atoms with Gasteiger partial charge in [-0.2, -0.15) is 0 Å². The fraction of sp³-hybridized carbons (Fsp3) is 0.385. The van der Waals surface area contributed by atoms with Gasteiger partial charge in [0.25, 0.3) is 5.91 Å². The Morgan fingerprint density at radius 1 is 1.00 bits per heavy atom. The Bertz CT molecular complexity index is 1070. The van der Waals surface area contributed by atoms with Crippen LogP contribution in [0, 0.1) is 6.92 Å². The molecule has 160 valence electrons. The number of hydrogen-bond donors (Lipinski definition) is 0. The molecule has 1 unspecified atom stereocenters. The fourth-order valence-electron chi connectivity index (χ4n) is 4.52. The Morgan fingerprint density at radius 3 is 2.52 bits per heavy atom. The van der Waals surface area contributed by atoms with E-state index in [1.54, 1.807) is 0 Å². The Balaban J connectivity index is 1.20. The maximum absolute atomic E-state index is 12.5. The van der Waals surface area contributed by atoms with Crippen LogP contribution in [0.3, 0.4) is 0 Å². The third-order valence-electron chi connectivity index (χ3n) is 6.31. The number of amides is 1. The summed E-state index contributed by atoms with van der Waals surface area (Å²) < 4.78 is 11.8.